The first kappa shape index (κ1) is 9.63. The monoisotopic (exact) mass is 212 g/mol. The van der Waals surface area contributed by atoms with E-state index in [9.17, 15) is 18.4 Å². The van der Waals surface area contributed by atoms with Crippen LogP contribution in [0.15, 0.2) is 18.2 Å². The van der Waals surface area contributed by atoms with Crippen LogP contribution < -0.4 is 5.46 Å². The normalized spacial score (nSPS) is 15.2. The van der Waals surface area contributed by atoms with Crippen molar-refractivity contribution in [1.82, 2.24) is 0 Å². The van der Waals surface area contributed by atoms with Crippen molar-refractivity contribution >= 4 is 24.5 Å². The molecule has 0 N–H and O–H groups in total. The second-order valence-electron chi connectivity index (χ2n) is 2.79. The summed E-state index contributed by atoms with van der Waals surface area (Å²) in [7, 11) is -1.50. The fraction of sp³-hybridized carbons (Fsp3) is 0. The molecule has 0 amide bonds. The molecule has 1 fully saturated rings. The summed E-state index contributed by atoms with van der Waals surface area (Å²) in [6, 6.07) is 3.28. The smallest absolute Gasteiger partial charge is 0.487 e. The van der Waals surface area contributed by atoms with Gasteiger partial charge in [0.2, 0.25) is 0 Å². The van der Waals surface area contributed by atoms with Crippen LogP contribution in [0.3, 0.4) is 0 Å². The van der Waals surface area contributed by atoms with Crippen molar-refractivity contribution < 1.29 is 27.7 Å². The van der Waals surface area contributed by atoms with E-state index in [1.165, 1.54) is 6.07 Å². The van der Waals surface area contributed by atoms with Crippen molar-refractivity contribution in [3.05, 3.63) is 29.8 Å². The van der Waals surface area contributed by atoms with Crippen molar-refractivity contribution in [1.29, 1.82) is 0 Å². The molecule has 4 nitrogen and oxygen atoms in total. The second-order valence-corrected chi connectivity index (χ2v) is 2.79. The minimum atomic E-state index is -1.50. The zero-order valence-corrected chi connectivity index (χ0v) is 7.20. The molecule has 76 valence electrons. The van der Waals surface area contributed by atoms with Gasteiger partial charge < -0.3 is 9.31 Å². The van der Waals surface area contributed by atoms with Crippen LogP contribution >= 0.6 is 0 Å². The van der Waals surface area contributed by atoms with Crippen molar-refractivity contribution in [2.24, 2.45) is 0 Å². The van der Waals surface area contributed by atoms with E-state index < -0.39 is 30.7 Å². The molecule has 0 saturated carbocycles. The molecule has 0 aromatic heterocycles. The minimum Gasteiger partial charge on any atom is -0.487 e. The molecule has 1 aliphatic rings. The fourth-order valence-electron chi connectivity index (χ4n) is 1.14. The number of carbonyl (C=O) groups excluding carboxylic acids is 2. The predicted molar refractivity (Wildman–Crippen MR) is 43.9 cm³/mol. The number of benzene rings is 1. The van der Waals surface area contributed by atoms with Crippen molar-refractivity contribution in [2.45, 2.75) is 0 Å². The lowest BCUT2D eigenvalue weighted by molar-refractivity contribution is -0.150. The lowest BCUT2D eigenvalue weighted by atomic mass is 9.79. The van der Waals surface area contributed by atoms with E-state index in [0.29, 0.717) is 0 Å². The minimum absolute atomic E-state index is 0.325. The predicted octanol–water partition coefficient (Wildman–Crippen LogP) is -0.240. The molecule has 15 heavy (non-hydrogen) atoms. The zero-order chi connectivity index (χ0) is 11.0. The Kier molecular flexibility index (Phi) is 2.14. The summed E-state index contributed by atoms with van der Waals surface area (Å²) in [4.78, 5) is 21.3. The van der Waals surface area contributed by atoms with Crippen LogP contribution in [0.4, 0.5) is 8.78 Å². The Bertz CT molecular complexity index is 432. The summed E-state index contributed by atoms with van der Waals surface area (Å²) in [5.74, 6) is -4.75. The highest BCUT2D eigenvalue weighted by molar-refractivity contribution is 6.71. The van der Waals surface area contributed by atoms with Gasteiger partial charge in [-0.05, 0) is 6.07 Å². The van der Waals surface area contributed by atoms with Gasteiger partial charge in [-0.2, -0.15) is 0 Å². The first-order chi connectivity index (χ1) is 7.09. The molecule has 0 atom stereocenters. The number of hydrogen-bond donors (Lipinski definition) is 0. The maximum absolute atomic E-state index is 13.2. The van der Waals surface area contributed by atoms with E-state index >= 15 is 0 Å². The maximum atomic E-state index is 13.2. The molecule has 7 heteroatoms. The first-order valence-corrected chi connectivity index (χ1v) is 3.95. The van der Waals surface area contributed by atoms with E-state index in [2.05, 4.69) is 9.31 Å². The Labute approximate surface area is 82.9 Å². The number of rotatable bonds is 1. The molecule has 1 heterocycles. The van der Waals surface area contributed by atoms with Gasteiger partial charge in [-0.1, -0.05) is 12.1 Å². The molecular formula is C8H3BF2O4. The first-order valence-electron chi connectivity index (χ1n) is 3.95. The number of carbonyl (C=O) groups is 2. The van der Waals surface area contributed by atoms with Gasteiger partial charge in [0, 0.05) is 0 Å². The van der Waals surface area contributed by atoms with Crippen LogP contribution in [-0.2, 0) is 18.9 Å². The fourth-order valence-corrected chi connectivity index (χ4v) is 1.14. The summed E-state index contributed by atoms with van der Waals surface area (Å²) in [5, 5.41) is 0. The Morgan fingerprint density at radius 2 is 1.67 bits per heavy atom. The summed E-state index contributed by atoms with van der Waals surface area (Å²) in [6.07, 6.45) is 0. The molecule has 0 unspecified atom stereocenters. The van der Waals surface area contributed by atoms with E-state index in [0.717, 1.165) is 12.1 Å². The Hall–Kier alpha value is -1.92. The van der Waals surface area contributed by atoms with Crippen LogP contribution in [-0.4, -0.2) is 19.1 Å². The number of hydrogen-bond acceptors (Lipinski definition) is 4. The lowest BCUT2D eigenvalue weighted by Crippen LogP contribution is -2.35. The van der Waals surface area contributed by atoms with Gasteiger partial charge in [0.15, 0.2) is 11.6 Å². The average Bonchev–Trinajstić information content (AvgIpc) is 2.51. The highest BCUT2D eigenvalue weighted by atomic mass is 19.2. The molecule has 1 aromatic rings. The Balaban J connectivity index is 2.35. The third-order valence-corrected chi connectivity index (χ3v) is 1.83. The summed E-state index contributed by atoms with van der Waals surface area (Å²) >= 11 is 0. The van der Waals surface area contributed by atoms with Crippen LogP contribution in [0.1, 0.15) is 0 Å². The SMILES string of the molecule is O=C1OB(c2cccc(F)c2F)OC1=O. The highest BCUT2D eigenvalue weighted by Gasteiger charge is 2.43. The second kappa shape index (κ2) is 3.34. The third-order valence-electron chi connectivity index (χ3n) is 1.83. The number of halogens is 2. The van der Waals surface area contributed by atoms with E-state index in [1.807, 2.05) is 0 Å². The average molecular weight is 212 g/mol. The molecule has 0 bridgehead atoms. The molecule has 1 aromatic carbocycles. The van der Waals surface area contributed by atoms with Crippen molar-refractivity contribution in [3.63, 3.8) is 0 Å². The molecule has 2 rings (SSSR count). The van der Waals surface area contributed by atoms with Crippen LogP contribution in [0, 0.1) is 11.6 Å². The highest BCUT2D eigenvalue weighted by Crippen LogP contribution is 2.08. The van der Waals surface area contributed by atoms with Gasteiger partial charge in [0.25, 0.3) is 0 Å². The summed E-state index contributed by atoms with van der Waals surface area (Å²) in [5.41, 5.74) is -0.325. The quantitative estimate of drug-likeness (QED) is 0.476. The summed E-state index contributed by atoms with van der Waals surface area (Å²) in [6.45, 7) is 0. The third kappa shape index (κ3) is 1.56. The Morgan fingerprint density at radius 1 is 1.07 bits per heavy atom. The van der Waals surface area contributed by atoms with Crippen LogP contribution in [0.2, 0.25) is 0 Å². The maximum Gasteiger partial charge on any atom is 0.640 e. The van der Waals surface area contributed by atoms with Gasteiger partial charge in [-0.25, -0.2) is 18.4 Å². The van der Waals surface area contributed by atoms with Crippen LogP contribution in [0.25, 0.3) is 0 Å². The van der Waals surface area contributed by atoms with E-state index in [-0.39, 0.29) is 5.46 Å². The zero-order valence-electron chi connectivity index (χ0n) is 7.20. The van der Waals surface area contributed by atoms with Crippen molar-refractivity contribution in [3.8, 4) is 0 Å². The largest absolute Gasteiger partial charge is 0.640 e. The summed E-state index contributed by atoms with van der Waals surface area (Å²) < 4.78 is 34.7. The molecule has 1 aliphatic heterocycles. The topological polar surface area (TPSA) is 52.6 Å². The van der Waals surface area contributed by atoms with Gasteiger partial charge in [-0.3, -0.25) is 0 Å². The molecule has 1 saturated heterocycles. The Morgan fingerprint density at radius 3 is 2.27 bits per heavy atom. The molecule has 0 spiro atoms. The van der Waals surface area contributed by atoms with Crippen molar-refractivity contribution in [2.75, 3.05) is 0 Å². The van der Waals surface area contributed by atoms with Gasteiger partial charge >= 0.3 is 19.1 Å². The van der Waals surface area contributed by atoms with Gasteiger partial charge in [0.1, 0.15) is 0 Å². The standard InChI is InChI=1S/C8H3BF2O4/c10-5-3-1-2-4(6(5)11)9-14-7(12)8(13)15-9/h1-3H. The van der Waals surface area contributed by atoms with E-state index in [1.54, 1.807) is 0 Å². The molecule has 0 radical (unpaired) electrons. The van der Waals surface area contributed by atoms with Gasteiger partial charge in [-0.15, -0.1) is 0 Å². The molecule has 0 aliphatic carbocycles. The molecular weight excluding hydrogens is 209 g/mol. The lowest BCUT2D eigenvalue weighted by Gasteiger charge is -2.03. The van der Waals surface area contributed by atoms with Gasteiger partial charge in [0.05, 0.1) is 5.46 Å². The van der Waals surface area contributed by atoms with E-state index in [4.69, 9.17) is 0 Å². The van der Waals surface area contributed by atoms with Crippen LogP contribution in [0.5, 0.6) is 0 Å².